The molecule has 27 heavy (non-hydrogen) atoms. The maximum absolute atomic E-state index is 13.3. The Bertz CT molecular complexity index is 705. The molecule has 1 aromatic carbocycles. The van der Waals surface area contributed by atoms with Crippen LogP contribution in [0.1, 0.15) is 16.8 Å². The van der Waals surface area contributed by atoms with E-state index in [-0.39, 0.29) is 24.5 Å². The van der Waals surface area contributed by atoms with Gasteiger partial charge in [-0.1, -0.05) is 18.2 Å². The van der Waals surface area contributed by atoms with Crippen molar-refractivity contribution >= 4 is 11.8 Å². The smallest absolute Gasteiger partial charge is 0.251 e. The van der Waals surface area contributed by atoms with Crippen molar-refractivity contribution in [1.82, 2.24) is 10.2 Å². The fraction of sp³-hybridized carbons (Fsp3) is 0.474. The largest absolute Gasteiger partial charge is 0.394 e. The summed E-state index contributed by atoms with van der Waals surface area (Å²) in [6, 6.07) is 4.78. The third-order valence-corrected chi connectivity index (χ3v) is 4.59. The first kappa shape index (κ1) is 19.5. The number of hydrogen-bond donors (Lipinski definition) is 2. The van der Waals surface area contributed by atoms with Gasteiger partial charge in [-0.2, -0.15) is 0 Å². The van der Waals surface area contributed by atoms with Crippen molar-refractivity contribution in [2.75, 3.05) is 32.9 Å². The van der Waals surface area contributed by atoms with Gasteiger partial charge in [-0.15, -0.1) is 0 Å². The summed E-state index contributed by atoms with van der Waals surface area (Å²) in [4.78, 5) is 26.3. The first-order valence-electron chi connectivity index (χ1n) is 8.93. The summed E-state index contributed by atoms with van der Waals surface area (Å²) in [5, 5.41) is 12.3. The van der Waals surface area contributed by atoms with E-state index in [1.54, 1.807) is 17.1 Å². The Labute approximate surface area is 156 Å². The fourth-order valence-electron chi connectivity index (χ4n) is 3.11. The number of nitrogens with one attached hydrogen (secondary N) is 1. The molecule has 2 N–H and O–H groups in total. The average molecular weight is 378 g/mol. The van der Waals surface area contributed by atoms with Crippen LogP contribution in [-0.4, -0.2) is 73.0 Å². The average Bonchev–Trinajstić information content (AvgIpc) is 2.69. The molecule has 0 aliphatic carbocycles. The zero-order valence-corrected chi connectivity index (χ0v) is 14.8. The molecule has 1 fully saturated rings. The van der Waals surface area contributed by atoms with E-state index in [0.717, 1.165) is 6.07 Å². The number of benzene rings is 1. The minimum atomic E-state index is -0.685. The summed E-state index contributed by atoms with van der Waals surface area (Å²) in [5.41, 5.74) is 0.185. The number of ether oxygens (including phenoxy) is 2. The fourth-order valence-corrected chi connectivity index (χ4v) is 3.11. The molecule has 3 rings (SSSR count). The first-order valence-corrected chi connectivity index (χ1v) is 8.93. The van der Waals surface area contributed by atoms with E-state index in [1.807, 2.05) is 0 Å². The topological polar surface area (TPSA) is 88.1 Å². The van der Waals surface area contributed by atoms with E-state index >= 15 is 0 Å². The zero-order chi connectivity index (χ0) is 19.2. The summed E-state index contributed by atoms with van der Waals surface area (Å²) in [5.74, 6) is -1.00. The van der Waals surface area contributed by atoms with Gasteiger partial charge < -0.3 is 24.8 Å². The third kappa shape index (κ3) is 5.12. The van der Waals surface area contributed by atoms with Gasteiger partial charge in [0.1, 0.15) is 11.9 Å². The van der Waals surface area contributed by atoms with E-state index in [4.69, 9.17) is 9.47 Å². The molecular formula is C19H23FN2O5. The second-order valence-electron chi connectivity index (χ2n) is 6.49. The number of halogens is 1. The highest BCUT2D eigenvalue weighted by Crippen LogP contribution is 2.17. The molecule has 1 aromatic rings. The van der Waals surface area contributed by atoms with Gasteiger partial charge in [0.25, 0.3) is 5.91 Å². The molecule has 2 aliphatic heterocycles. The maximum atomic E-state index is 13.3. The SMILES string of the molecule is O=C(N[C@H]1C=C[C@H](CC(=O)N2CCOCC2)O[C@@H]1CO)c1cccc(F)c1. The van der Waals surface area contributed by atoms with E-state index < -0.39 is 30.0 Å². The molecule has 2 heterocycles. The minimum Gasteiger partial charge on any atom is -0.394 e. The lowest BCUT2D eigenvalue weighted by Gasteiger charge is -2.33. The molecule has 8 heteroatoms. The zero-order valence-electron chi connectivity index (χ0n) is 14.8. The molecule has 146 valence electrons. The molecule has 2 amide bonds. The van der Waals surface area contributed by atoms with Crippen molar-refractivity contribution in [3.05, 3.63) is 47.8 Å². The number of rotatable bonds is 5. The Hall–Kier alpha value is -2.29. The monoisotopic (exact) mass is 378 g/mol. The van der Waals surface area contributed by atoms with Gasteiger partial charge in [0.15, 0.2) is 0 Å². The lowest BCUT2D eigenvalue weighted by molar-refractivity contribution is -0.139. The van der Waals surface area contributed by atoms with E-state index in [0.29, 0.717) is 26.3 Å². The van der Waals surface area contributed by atoms with Gasteiger partial charge in [-0.3, -0.25) is 9.59 Å². The van der Waals surface area contributed by atoms with Crippen LogP contribution in [0, 0.1) is 5.82 Å². The lowest BCUT2D eigenvalue weighted by Crippen LogP contribution is -2.49. The van der Waals surface area contributed by atoms with Crippen LogP contribution in [0.4, 0.5) is 4.39 Å². The van der Waals surface area contributed by atoms with Gasteiger partial charge in [-0.05, 0) is 18.2 Å². The van der Waals surface area contributed by atoms with Crippen molar-refractivity contribution < 1.29 is 28.6 Å². The van der Waals surface area contributed by atoms with E-state index in [2.05, 4.69) is 5.32 Å². The number of carbonyl (C=O) groups is 2. The predicted octanol–water partition coefficient (Wildman–Crippen LogP) is 0.489. The summed E-state index contributed by atoms with van der Waals surface area (Å²) >= 11 is 0. The Morgan fingerprint density at radius 1 is 1.26 bits per heavy atom. The Balaban J connectivity index is 1.59. The molecule has 0 aromatic heterocycles. The molecule has 0 spiro atoms. The van der Waals surface area contributed by atoms with Crippen LogP contribution in [0.5, 0.6) is 0 Å². The second-order valence-corrected chi connectivity index (χ2v) is 6.49. The molecule has 7 nitrogen and oxygen atoms in total. The van der Waals surface area contributed by atoms with Crippen LogP contribution in [0.25, 0.3) is 0 Å². The third-order valence-electron chi connectivity index (χ3n) is 4.59. The highest BCUT2D eigenvalue weighted by Gasteiger charge is 2.30. The summed E-state index contributed by atoms with van der Waals surface area (Å²) in [7, 11) is 0. The Morgan fingerprint density at radius 2 is 2.04 bits per heavy atom. The lowest BCUT2D eigenvalue weighted by atomic mass is 10.0. The second kappa shape index (κ2) is 9.07. The molecule has 0 radical (unpaired) electrons. The van der Waals surface area contributed by atoms with Crippen molar-refractivity contribution in [2.45, 2.75) is 24.7 Å². The van der Waals surface area contributed by atoms with Crippen molar-refractivity contribution in [1.29, 1.82) is 0 Å². The van der Waals surface area contributed by atoms with Gasteiger partial charge in [0.05, 0.1) is 38.4 Å². The Kier molecular flexibility index (Phi) is 6.54. The summed E-state index contributed by atoms with van der Waals surface area (Å²) < 4.78 is 24.3. The highest BCUT2D eigenvalue weighted by molar-refractivity contribution is 5.94. The van der Waals surface area contributed by atoms with E-state index in [9.17, 15) is 19.1 Å². The van der Waals surface area contributed by atoms with Crippen LogP contribution in [0.15, 0.2) is 36.4 Å². The first-order chi connectivity index (χ1) is 13.1. The number of aliphatic hydroxyl groups is 1. The number of amides is 2. The normalized spacial score (nSPS) is 25.3. The van der Waals surface area contributed by atoms with Crippen LogP contribution >= 0.6 is 0 Å². The maximum Gasteiger partial charge on any atom is 0.251 e. The molecule has 3 atom stereocenters. The van der Waals surface area contributed by atoms with Crippen molar-refractivity contribution in [2.24, 2.45) is 0 Å². The van der Waals surface area contributed by atoms with E-state index in [1.165, 1.54) is 18.2 Å². The number of hydrogen-bond acceptors (Lipinski definition) is 5. The number of morpholine rings is 1. The Morgan fingerprint density at radius 3 is 2.74 bits per heavy atom. The molecule has 0 unspecified atom stereocenters. The van der Waals surface area contributed by atoms with Crippen LogP contribution in [0.2, 0.25) is 0 Å². The molecule has 1 saturated heterocycles. The molecular weight excluding hydrogens is 355 g/mol. The predicted molar refractivity (Wildman–Crippen MR) is 94.6 cm³/mol. The number of nitrogens with zero attached hydrogens (tertiary/aromatic N) is 1. The number of carbonyl (C=O) groups excluding carboxylic acids is 2. The highest BCUT2D eigenvalue weighted by atomic mass is 19.1. The molecule has 0 saturated carbocycles. The minimum absolute atomic E-state index is 0.0353. The standard InChI is InChI=1S/C19H23FN2O5/c20-14-3-1-2-13(10-14)19(25)21-16-5-4-15(27-17(16)12-23)11-18(24)22-6-8-26-9-7-22/h1-5,10,15-17,23H,6-9,11-12H2,(H,21,25)/t15-,16+,17-/m1/s1. The van der Waals surface area contributed by atoms with Crippen LogP contribution < -0.4 is 5.32 Å². The summed E-state index contributed by atoms with van der Waals surface area (Å²) in [6.07, 6.45) is 2.42. The van der Waals surface area contributed by atoms with Crippen LogP contribution in [-0.2, 0) is 14.3 Å². The molecule has 2 aliphatic rings. The quantitative estimate of drug-likeness (QED) is 0.728. The van der Waals surface area contributed by atoms with Crippen molar-refractivity contribution in [3.8, 4) is 0 Å². The van der Waals surface area contributed by atoms with Gasteiger partial charge >= 0.3 is 0 Å². The number of aliphatic hydroxyl groups excluding tert-OH is 1. The van der Waals surface area contributed by atoms with Gasteiger partial charge in [0, 0.05) is 18.7 Å². The molecule has 0 bridgehead atoms. The van der Waals surface area contributed by atoms with Gasteiger partial charge in [-0.25, -0.2) is 4.39 Å². The van der Waals surface area contributed by atoms with Crippen LogP contribution in [0.3, 0.4) is 0 Å². The van der Waals surface area contributed by atoms with Crippen molar-refractivity contribution in [3.63, 3.8) is 0 Å². The summed E-state index contributed by atoms with van der Waals surface area (Å²) in [6.45, 7) is 1.86. The van der Waals surface area contributed by atoms with Gasteiger partial charge in [0.2, 0.25) is 5.91 Å².